The quantitative estimate of drug-likeness (QED) is 0.318. The molecule has 0 fully saturated rings. The third-order valence-electron chi connectivity index (χ3n) is 6.09. The first-order chi connectivity index (χ1) is 17.1. The predicted molar refractivity (Wildman–Crippen MR) is 148 cm³/mol. The Hall–Kier alpha value is -2.46. The van der Waals surface area contributed by atoms with Gasteiger partial charge < -0.3 is 20.3 Å². The SMILES string of the molecule is CC(C)(C)[C@H](c1nc(-c2cc(F)ccc2F)cn1Cc1ccccc1)N(CC(CN)CS)C(=O)CO.Cl. The molecule has 0 saturated heterocycles. The van der Waals surface area contributed by atoms with Crippen LogP contribution >= 0.6 is 25.0 Å². The summed E-state index contributed by atoms with van der Waals surface area (Å²) in [6.07, 6.45) is 1.68. The first-order valence-corrected chi connectivity index (χ1v) is 12.5. The molecule has 3 rings (SSSR count). The van der Waals surface area contributed by atoms with Crippen LogP contribution in [-0.2, 0) is 11.3 Å². The van der Waals surface area contributed by atoms with Gasteiger partial charge in [-0.1, -0.05) is 51.1 Å². The largest absolute Gasteiger partial charge is 0.387 e. The summed E-state index contributed by atoms with van der Waals surface area (Å²) in [6, 6.07) is 12.3. The lowest BCUT2D eigenvalue weighted by atomic mass is 9.84. The molecule has 0 bridgehead atoms. The number of thiol groups is 1. The molecular formula is C27H35ClF2N4O2S. The van der Waals surface area contributed by atoms with Crippen molar-refractivity contribution in [3.8, 4) is 11.3 Å². The monoisotopic (exact) mass is 552 g/mol. The van der Waals surface area contributed by atoms with Gasteiger partial charge in [0.05, 0.1) is 11.7 Å². The van der Waals surface area contributed by atoms with E-state index in [4.69, 9.17) is 10.7 Å². The van der Waals surface area contributed by atoms with E-state index in [9.17, 15) is 18.7 Å². The molecule has 1 unspecified atom stereocenters. The van der Waals surface area contributed by atoms with Gasteiger partial charge in [0.15, 0.2) is 0 Å². The van der Waals surface area contributed by atoms with E-state index < -0.39 is 35.6 Å². The summed E-state index contributed by atoms with van der Waals surface area (Å²) in [6.45, 7) is 6.21. The fraction of sp³-hybridized carbons (Fsp3) is 0.407. The van der Waals surface area contributed by atoms with Crippen molar-refractivity contribution in [2.45, 2.75) is 33.4 Å². The van der Waals surface area contributed by atoms with Crippen LogP contribution in [0.4, 0.5) is 8.78 Å². The molecule has 0 radical (unpaired) electrons. The van der Waals surface area contributed by atoms with Crippen LogP contribution in [0.5, 0.6) is 0 Å². The summed E-state index contributed by atoms with van der Waals surface area (Å²) in [7, 11) is 0. The number of amides is 1. The average Bonchev–Trinajstić information content (AvgIpc) is 3.24. The number of aliphatic hydroxyl groups is 1. The number of carbonyl (C=O) groups excluding carboxylic acids is 1. The minimum absolute atomic E-state index is 0. The van der Waals surface area contributed by atoms with Crippen LogP contribution in [0, 0.1) is 23.0 Å². The molecule has 0 aliphatic carbocycles. The number of imidazole rings is 1. The maximum atomic E-state index is 14.7. The average molecular weight is 553 g/mol. The minimum Gasteiger partial charge on any atom is -0.387 e. The van der Waals surface area contributed by atoms with Crippen molar-refractivity contribution in [2.24, 2.45) is 17.1 Å². The standard InChI is InChI=1S/C27H34F2N4O2S.ClH/c1-27(2,3)25(33(24(35)16-34)14-19(12-30)17-36)26-31-23(21-11-20(28)9-10-22(21)29)15-32(26)13-18-7-5-4-6-8-18;/h4-11,15,19,25,34,36H,12-14,16-17,30H2,1-3H3;1H/t19?,25-;/m0./s1. The zero-order valence-electron chi connectivity index (χ0n) is 21.3. The molecule has 10 heteroatoms. The minimum atomic E-state index is -0.679. The lowest BCUT2D eigenvalue weighted by Gasteiger charge is -2.41. The molecule has 37 heavy (non-hydrogen) atoms. The van der Waals surface area contributed by atoms with E-state index >= 15 is 0 Å². The van der Waals surface area contributed by atoms with E-state index in [1.54, 1.807) is 11.1 Å². The van der Waals surface area contributed by atoms with Gasteiger partial charge in [-0.2, -0.15) is 12.6 Å². The van der Waals surface area contributed by atoms with Crippen LogP contribution in [0.15, 0.2) is 54.7 Å². The van der Waals surface area contributed by atoms with Gasteiger partial charge in [0.2, 0.25) is 5.91 Å². The normalized spacial score (nSPS) is 13.1. The third-order valence-corrected chi connectivity index (χ3v) is 6.60. The molecule has 0 saturated carbocycles. The lowest BCUT2D eigenvalue weighted by molar-refractivity contribution is -0.140. The number of benzene rings is 2. The van der Waals surface area contributed by atoms with Crippen LogP contribution in [-0.4, -0.2) is 50.9 Å². The van der Waals surface area contributed by atoms with Gasteiger partial charge in [0, 0.05) is 24.8 Å². The van der Waals surface area contributed by atoms with Crippen molar-refractivity contribution >= 4 is 30.9 Å². The predicted octanol–water partition coefficient (Wildman–Crippen LogP) is 4.71. The summed E-state index contributed by atoms with van der Waals surface area (Å²) >= 11 is 4.38. The van der Waals surface area contributed by atoms with Crippen molar-refractivity contribution in [3.63, 3.8) is 0 Å². The van der Waals surface area contributed by atoms with Gasteiger partial charge in [-0.3, -0.25) is 4.79 Å². The van der Waals surface area contributed by atoms with Crippen molar-refractivity contribution in [3.05, 3.63) is 77.8 Å². The number of hydrogen-bond acceptors (Lipinski definition) is 5. The summed E-state index contributed by atoms with van der Waals surface area (Å²) in [5.41, 5.74) is 6.66. The van der Waals surface area contributed by atoms with Crippen molar-refractivity contribution in [1.82, 2.24) is 14.5 Å². The highest BCUT2D eigenvalue weighted by atomic mass is 35.5. The van der Waals surface area contributed by atoms with E-state index in [0.29, 0.717) is 24.7 Å². The Morgan fingerprint density at radius 3 is 2.43 bits per heavy atom. The molecule has 1 heterocycles. The third kappa shape index (κ3) is 7.54. The van der Waals surface area contributed by atoms with Gasteiger partial charge >= 0.3 is 0 Å². The topological polar surface area (TPSA) is 84.4 Å². The molecule has 1 aromatic heterocycles. The zero-order chi connectivity index (χ0) is 26.5. The highest BCUT2D eigenvalue weighted by Crippen LogP contribution is 2.39. The number of rotatable bonds is 10. The number of carbonyl (C=O) groups is 1. The fourth-order valence-electron chi connectivity index (χ4n) is 4.30. The lowest BCUT2D eigenvalue weighted by Crippen LogP contribution is -2.47. The molecule has 2 aromatic carbocycles. The number of aromatic nitrogens is 2. The maximum absolute atomic E-state index is 14.7. The molecule has 202 valence electrons. The first-order valence-electron chi connectivity index (χ1n) is 11.9. The molecular weight excluding hydrogens is 518 g/mol. The van der Waals surface area contributed by atoms with Crippen LogP contribution in [0.1, 0.15) is 38.2 Å². The number of aliphatic hydroxyl groups excluding tert-OH is 1. The molecule has 0 aliphatic heterocycles. The van der Waals surface area contributed by atoms with Gasteiger partial charge in [-0.15, -0.1) is 12.4 Å². The molecule has 0 spiro atoms. The van der Waals surface area contributed by atoms with Gasteiger partial charge in [0.1, 0.15) is 24.1 Å². The number of halogens is 3. The zero-order valence-corrected chi connectivity index (χ0v) is 23.0. The van der Waals surface area contributed by atoms with E-state index in [-0.39, 0.29) is 36.1 Å². The Bertz CT molecular complexity index is 1170. The first kappa shape index (κ1) is 30.8. The number of nitrogens with zero attached hydrogens (tertiary/aromatic N) is 3. The molecule has 2 atom stereocenters. The van der Waals surface area contributed by atoms with Gasteiger partial charge in [-0.25, -0.2) is 13.8 Å². The summed E-state index contributed by atoms with van der Waals surface area (Å²) in [4.78, 5) is 19.4. The Morgan fingerprint density at radius 1 is 1.19 bits per heavy atom. The summed E-state index contributed by atoms with van der Waals surface area (Å²) in [5, 5.41) is 9.82. The van der Waals surface area contributed by atoms with Crippen molar-refractivity contribution in [2.75, 3.05) is 25.4 Å². The molecule has 3 aromatic rings. The Morgan fingerprint density at radius 2 is 1.86 bits per heavy atom. The Balaban J connectivity index is 0.00000481. The van der Waals surface area contributed by atoms with E-state index in [1.807, 2.05) is 55.7 Å². The van der Waals surface area contributed by atoms with Gasteiger partial charge in [0.25, 0.3) is 0 Å². The number of nitrogens with two attached hydrogens (primary N) is 1. The summed E-state index contributed by atoms with van der Waals surface area (Å²) in [5.74, 6) is -0.785. The summed E-state index contributed by atoms with van der Waals surface area (Å²) < 4.78 is 30.6. The highest BCUT2D eigenvalue weighted by Gasteiger charge is 2.39. The Kier molecular flexibility index (Phi) is 11.1. The van der Waals surface area contributed by atoms with Crippen molar-refractivity contribution < 1.29 is 18.7 Å². The van der Waals surface area contributed by atoms with Crippen LogP contribution in [0.25, 0.3) is 11.3 Å². The Labute approximate surface area is 228 Å². The smallest absolute Gasteiger partial charge is 0.248 e. The molecule has 0 aliphatic rings. The van der Waals surface area contributed by atoms with Crippen LogP contribution in [0.2, 0.25) is 0 Å². The second-order valence-corrected chi connectivity index (χ2v) is 10.3. The highest BCUT2D eigenvalue weighted by molar-refractivity contribution is 7.80. The maximum Gasteiger partial charge on any atom is 0.248 e. The van der Waals surface area contributed by atoms with Gasteiger partial charge in [-0.05, 0) is 47.4 Å². The molecule has 3 N–H and O–H groups in total. The second-order valence-electron chi connectivity index (χ2n) is 9.98. The van der Waals surface area contributed by atoms with Crippen LogP contribution < -0.4 is 5.73 Å². The van der Waals surface area contributed by atoms with E-state index in [1.165, 1.54) is 0 Å². The van der Waals surface area contributed by atoms with Crippen LogP contribution in [0.3, 0.4) is 0 Å². The number of hydrogen-bond donors (Lipinski definition) is 3. The molecule has 6 nitrogen and oxygen atoms in total. The van der Waals surface area contributed by atoms with E-state index in [2.05, 4.69) is 12.6 Å². The van der Waals surface area contributed by atoms with Crippen molar-refractivity contribution in [1.29, 1.82) is 0 Å². The second kappa shape index (κ2) is 13.4. The fourth-order valence-corrected chi connectivity index (χ4v) is 4.56. The van der Waals surface area contributed by atoms with E-state index in [0.717, 1.165) is 23.8 Å². The molecule has 1 amide bonds.